The zero-order valence-corrected chi connectivity index (χ0v) is 38.1. The number of benzene rings is 1. The average Bonchev–Trinajstić information content (AvgIpc) is 3.16. The highest BCUT2D eigenvalue weighted by Crippen LogP contribution is 2.75. The van der Waals surface area contributed by atoms with Crippen molar-refractivity contribution in [3.05, 3.63) is 41.5 Å². The average molecular weight is 843 g/mol. The number of methoxy groups -OCH3 is 1. The Balaban J connectivity index is 0.00000641. The number of hydrogen-bond acceptors (Lipinski definition) is 10. The van der Waals surface area contributed by atoms with Gasteiger partial charge in [0.25, 0.3) is 0 Å². The number of esters is 3. The van der Waals surface area contributed by atoms with E-state index >= 15 is 0 Å². The second-order valence-corrected chi connectivity index (χ2v) is 20.8. The zero-order valence-electron chi connectivity index (χ0n) is 36.5. The fourth-order valence-electron chi connectivity index (χ4n) is 12.6. The first-order valence-electron chi connectivity index (χ1n) is 21.2. The molecule has 5 aliphatic rings. The maximum Gasteiger partial charge on any atom is 0.330 e. The molecule has 0 amide bonds. The monoisotopic (exact) mass is 841 g/mol. The molecule has 0 unspecified atom stereocenters. The lowest BCUT2D eigenvalue weighted by atomic mass is 9.33. The quantitative estimate of drug-likeness (QED) is 0.131. The van der Waals surface area contributed by atoms with E-state index in [1.165, 1.54) is 18.8 Å². The van der Waals surface area contributed by atoms with Gasteiger partial charge in [0.05, 0.1) is 19.1 Å². The number of carbonyl (C=O) groups excluding carboxylic acids is 4. The summed E-state index contributed by atoms with van der Waals surface area (Å²) in [5.74, 6) is 0.852. The van der Waals surface area contributed by atoms with Crippen molar-refractivity contribution in [2.24, 2.45) is 56.0 Å². The maximum atomic E-state index is 15.0. The molecule has 322 valence electrons. The number of nitrogens with two attached hydrogens (primary N) is 1. The lowest BCUT2D eigenvalue weighted by Crippen LogP contribution is -2.67. The van der Waals surface area contributed by atoms with Gasteiger partial charge in [-0.25, -0.2) is 4.79 Å². The van der Waals surface area contributed by atoms with Crippen LogP contribution in [0, 0.1) is 50.2 Å². The number of fused-ring (bicyclic) bond motifs is 7. The van der Waals surface area contributed by atoms with Gasteiger partial charge >= 0.3 is 17.9 Å². The Labute approximate surface area is 357 Å². The smallest absolute Gasteiger partial charge is 0.330 e. The van der Waals surface area contributed by atoms with Gasteiger partial charge in [-0.05, 0) is 153 Å². The van der Waals surface area contributed by atoms with Gasteiger partial charge in [0, 0.05) is 17.4 Å². The molecule has 0 heterocycles. The number of rotatable bonds is 11. The van der Waals surface area contributed by atoms with Crippen molar-refractivity contribution < 1.29 is 38.1 Å². The van der Waals surface area contributed by atoms with Crippen LogP contribution in [0.4, 0.5) is 0 Å². The van der Waals surface area contributed by atoms with Gasteiger partial charge in [-0.1, -0.05) is 53.2 Å². The number of halogens is 1. The molecular formula is C47H68ClNO8S. The minimum absolute atomic E-state index is 0. The largest absolute Gasteiger partial charge is 0.493 e. The highest BCUT2D eigenvalue weighted by Gasteiger charge is 2.70. The summed E-state index contributed by atoms with van der Waals surface area (Å²) in [4.78, 5) is 54.2. The first-order chi connectivity index (χ1) is 26.7. The molecule has 0 aromatic heterocycles. The van der Waals surface area contributed by atoms with Crippen molar-refractivity contribution in [1.29, 1.82) is 0 Å². The molecule has 5 aliphatic carbocycles. The highest BCUT2D eigenvalue weighted by molar-refractivity contribution is 7.98. The fraction of sp³-hybridized carbons (Fsp3) is 0.702. The van der Waals surface area contributed by atoms with Crippen LogP contribution in [0.15, 0.2) is 35.9 Å². The van der Waals surface area contributed by atoms with Crippen LogP contribution >= 0.6 is 24.2 Å². The van der Waals surface area contributed by atoms with Crippen molar-refractivity contribution in [3.63, 3.8) is 0 Å². The van der Waals surface area contributed by atoms with E-state index in [1.807, 2.05) is 19.3 Å². The molecule has 11 heteroatoms. The third-order valence-electron chi connectivity index (χ3n) is 16.3. The molecule has 4 fully saturated rings. The number of ether oxygens (including phenoxy) is 4. The number of thioether (sulfide) groups is 1. The third-order valence-corrected chi connectivity index (χ3v) is 16.9. The summed E-state index contributed by atoms with van der Waals surface area (Å²) >= 11 is 1.68. The van der Waals surface area contributed by atoms with E-state index < -0.39 is 17.4 Å². The standard InChI is InChI=1S/C47H67NO8S.ClH/c1-11-54-38(50)15-13-29-12-14-34(35(26-29)53-9)55-41(52)44(5)22-21-43(4)23-24-46(7)30(31(43)28-44)27-33(49)39-45(6)19-17-37(56-40(51)32(48)18-25-57-10)42(2,3)36(45)16-20-47(39,46)8;/h12-15,26-27,31-32,36-37,39H,11,16-25,28,48H2,1-10H3;1H/b15-13+;/t31-,32+,36+,37+,39-,43-,44+,45+,46-,47-;/m1./s1. The van der Waals surface area contributed by atoms with E-state index in [0.29, 0.717) is 49.4 Å². The van der Waals surface area contributed by atoms with Crippen LogP contribution in [0.5, 0.6) is 11.5 Å². The number of carbonyl (C=O) groups is 4. The molecule has 0 spiro atoms. The minimum Gasteiger partial charge on any atom is -0.493 e. The first-order valence-corrected chi connectivity index (χ1v) is 22.6. The van der Waals surface area contributed by atoms with Crippen molar-refractivity contribution in [2.45, 2.75) is 132 Å². The van der Waals surface area contributed by atoms with Crippen LogP contribution in [0.3, 0.4) is 0 Å². The van der Waals surface area contributed by atoms with Gasteiger partial charge < -0.3 is 24.7 Å². The van der Waals surface area contributed by atoms with Crippen molar-refractivity contribution in [3.8, 4) is 11.5 Å². The fourth-order valence-corrected chi connectivity index (χ4v) is 13.1. The lowest BCUT2D eigenvalue weighted by molar-refractivity contribution is -0.211. The van der Waals surface area contributed by atoms with E-state index in [9.17, 15) is 19.2 Å². The van der Waals surface area contributed by atoms with Crippen molar-refractivity contribution >= 4 is 53.9 Å². The summed E-state index contributed by atoms with van der Waals surface area (Å²) in [6.45, 7) is 18.1. The van der Waals surface area contributed by atoms with E-state index in [1.54, 1.807) is 43.0 Å². The van der Waals surface area contributed by atoms with E-state index in [2.05, 4.69) is 41.5 Å². The Morgan fingerprint density at radius 3 is 2.34 bits per heavy atom. The number of ketones is 1. The molecule has 0 aliphatic heterocycles. The molecule has 2 N–H and O–H groups in total. The molecule has 0 bridgehead atoms. The number of hydrogen-bond donors (Lipinski definition) is 1. The van der Waals surface area contributed by atoms with Crippen molar-refractivity contribution in [1.82, 2.24) is 0 Å². The minimum atomic E-state index is -0.765. The van der Waals surface area contributed by atoms with Crippen LogP contribution in [0.1, 0.15) is 125 Å². The van der Waals surface area contributed by atoms with Crippen molar-refractivity contribution in [2.75, 3.05) is 25.7 Å². The molecule has 6 rings (SSSR count). The molecule has 0 radical (unpaired) electrons. The lowest BCUT2D eigenvalue weighted by Gasteiger charge is -2.70. The van der Waals surface area contributed by atoms with Gasteiger partial charge in [0.1, 0.15) is 12.1 Å². The van der Waals surface area contributed by atoms with Crippen LogP contribution in [0.25, 0.3) is 6.08 Å². The van der Waals surface area contributed by atoms with Crippen LogP contribution in [0.2, 0.25) is 0 Å². The van der Waals surface area contributed by atoms with Gasteiger partial charge in [-0.15, -0.1) is 12.4 Å². The Hall–Kier alpha value is -2.82. The normalized spacial score (nSPS) is 36.7. The van der Waals surface area contributed by atoms with E-state index in [-0.39, 0.29) is 81.1 Å². The van der Waals surface area contributed by atoms with E-state index in [4.69, 9.17) is 24.7 Å². The summed E-state index contributed by atoms with van der Waals surface area (Å²) in [7, 11) is 1.53. The third kappa shape index (κ3) is 7.81. The Morgan fingerprint density at radius 1 is 0.966 bits per heavy atom. The first kappa shape index (κ1) is 46.2. The molecule has 10 atom stereocenters. The topological polar surface area (TPSA) is 131 Å². The summed E-state index contributed by atoms with van der Waals surface area (Å²) in [6.07, 6.45) is 15.1. The summed E-state index contributed by atoms with van der Waals surface area (Å²) in [6, 6.07) is 4.60. The predicted octanol–water partition coefficient (Wildman–Crippen LogP) is 9.57. The summed E-state index contributed by atoms with van der Waals surface area (Å²) in [5.41, 5.74) is 6.37. The number of allylic oxidation sites excluding steroid dienone is 2. The molecule has 58 heavy (non-hydrogen) atoms. The summed E-state index contributed by atoms with van der Waals surface area (Å²) < 4.78 is 23.0. The Bertz CT molecular complexity index is 1830. The molecule has 1 aromatic carbocycles. The molecule has 9 nitrogen and oxygen atoms in total. The maximum absolute atomic E-state index is 15.0. The van der Waals surface area contributed by atoms with Crippen LogP contribution in [-0.2, 0) is 28.7 Å². The van der Waals surface area contributed by atoms with Gasteiger partial charge in [0.15, 0.2) is 17.3 Å². The molecule has 1 aromatic rings. The summed E-state index contributed by atoms with van der Waals surface area (Å²) in [5, 5.41) is 0. The van der Waals surface area contributed by atoms with Gasteiger partial charge in [-0.3, -0.25) is 14.4 Å². The van der Waals surface area contributed by atoms with Gasteiger partial charge in [-0.2, -0.15) is 11.8 Å². The zero-order chi connectivity index (χ0) is 41.8. The second-order valence-electron chi connectivity index (χ2n) is 19.8. The predicted molar refractivity (Wildman–Crippen MR) is 232 cm³/mol. The second kappa shape index (κ2) is 16.9. The highest BCUT2D eigenvalue weighted by atomic mass is 35.5. The van der Waals surface area contributed by atoms with Crippen LogP contribution < -0.4 is 15.2 Å². The molecule has 4 saturated carbocycles. The molecular weight excluding hydrogens is 774 g/mol. The SMILES string of the molecule is CCOC(=O)/C=C/c1ccc(OC(=O)[C@@]2(C)CC[C@]3(C)CC[C@]4(C)C(=CC(=O)[C@@H]5[C@@]6(C)CC[C@H](OC(=O)[C@@H](N)CCSC)C(C)(C)[C@@H]6CC[C@]54C)[C@H]3C2)c(OC)c1.Cl. The molecule has 0 saturated heterocycles. The van der Waals surface area contributed by atoms with E-state index in [0.717, 1.165) is 44.3 Å². The Morgan fingerprint density at radius 2 is 1.67 bits per heavy atom. The Kier molecular flexibility index (Phi) is 13.5. The van der Waals surface area contributed by atoms with Gasteiger partial charge in [0.2, 0.25) is 0 Å². The van der Waals surface area contributed by atoms with Crippen LogP contribution in [-0.4, -0.2) is 61.6 Å².